The van der Waals surface area contributed by atoms with Crippen molar-refractivity contribution < 1.29 is 14.3 Å². The van der Waals surface area contributed by atoms with Gasteiger partial charge in [0.2, 0.25) is 0 Å². The molecule has 4 nitrogen and oxygen atoms in total. The summed E-state index contributed by atoms with van der Waals surface area (Å²) in [5.74, 6) is 0.258. The topological polar surface area (TPSA) is 46.6 Å². The molecular weight excluding hydrogens is 326 g/mol. The number of aryl methyl sites for hydroxylation is 1. The summed E-state index contributed by atoms with van der Waals surface area (Å²) >= 11 is 6.63. The van der Waals surface area contributed by atoms with Crippen LogP contribution in [0.1, 0.15) is 49.4 Å². The average Bonchev–Trinajstić information content (AvgIpc) is 2.69. The highest BCUT2D eigenvalue weighted by Gasteiger charge is 2.27. The first-order valence-electron chi connectivity index (χ1n) is 8.56. The summed E-state index contributed by atoms with van der Waals surface area (Å²) in [6, 6.07) is 2.20. The Labute approximate surface area is 148 Å². The molecule has 2 aliphatic rings. The van der Waals surface area contributed by atoms with Crippen LogP contribution in [0.25, 0.3) is 0 Å². The Balaban J connectivity index is 1.82. The smallest absolute Gasteiger partial charge is 0.410 e. The number of amides is 1. The molecule has 3 rings (SSSR count). The maximum atomic E-state index is 12.3. The van der Waals surface area contributed by atoms with E-state index in [4.69, 9.17) is 16.3 Å². The first-order valence-corrected chi connectivity index (χ1v) is 8.94. The van der Waals surface area contributed by atoms with Crippen molar-refractivity contribution in [1.82, 2.24) is 4.90 Å². The quantitative estimate of drug-likeness (QED) is 0.717. The van der Waals surface area contributed by atoms with Gasteiger partial charge in [0.25, 0.3) is 0 Å². The lowest BCUT2D eigenvalue weighted by atomic mass is 9.86. The first kappa shape index (κ1) is 17.3. The van der Waals surface area contributed by atoms with Crippen LogP contribution >= 0.6 is 11.6 Å². The van der Waals surface area contributed by atoms with Crippen LogP contribution < -0.4 is 0 Å². The largest absolute Gasteiger partial charge is 0.444 e. The molecule has 1 heterocycles. The summed E-state index contributed by atoms with van der Waals surface area (Å²) in [7, 11) is 0. The minimum absolute atomic E-state index is 0.258. The standard InChI is InChI=1S/C19H24ClNO3/c1-19(2,3)24-18(23)21-8-6-13-10-12-4-5-14(22)11-16(12)17(20)15(13)7-9-21/h10H,4-9,11H2,1-3H3. The molecule has 1 aliphatic heterocycles. The number of carbonyl (C=O) groups excluding carboxylic acids is 2. The zero-order valence-corrected chi connectivity index (χ0v) is 15.3. The van der Waals surface area contributed by atoms with Crippen LogP contribution in [0.2, 0.25) is 5.02 Å². The molecule has 0 spiro atoms. The van der Waals surface area contributed by atoms with Gasteiger partial charge in [0.05, 0.1) is 0 Å². The van der Waals surface area contributed by atoms with Crippen molar-refractivity contribution >= 4 is 23.5 Å². The van der Waals surface area contributed by atoms with Gasteiger partial charge in [-0.2, -0.15) is 0 Å². The second kappa shape index (κ2) is 6.40. The summed E-state index contributed by atoms with van der Waals surface area (Å²) in [5, 5.41) is 0.738. The van der Waals surface area contributed by atoms with E-state index in [1.165, 1.54) is 11.1 Å². The highest BCUT2D eigenvalue weighted by Crippen LogP contribution is 2.34. The Morgan fingerprint density at radius 3 is 2.46 bits per heavy atom. The number of benzene rings is 1. The van der Waals surface area contributed by atoms with E-state index < -0.39 is 5.60 Å². The molecule has 0 radical (unpaired) electrons. The van der Waals surface area contributed by atoms with Gasteiger partial charge in [-0.05, 0) is 62.3 Å². The van der Waals surface area contributed by atoms with Gasteiger partial charge in [-0.1, -0.05) is 17.7 Å². The van der Waals surface area contributed by atoms with Gasteiger partial charge in [0.15, 0.2) is 0 Å². The Bertz CT molecular complexity index is 691. The molecule has 0 aromatic heterocycles. The number of ketones is 1. The fourth-order valence-electron chi connectivity index (χ4n) is 3.44. The van der Waals surface area contributed by atoms with E-state index in [2.05, 4.69) is 6.07 Å². The molecule has 1 aliphatic carbocycles. The Kier molecular flexibility index (Phi) is 4.60. The van der Waals surface area contributed by atoms with Crippen LogP contribution in [0.3, 0.4) is 0 Å². The number of Topliss-reactive ketones (excluding diaryl/α,β-unsaturated/α-hetero) is 1. The van der Waals surface area contributed by atoms with Gasteiger partial charge in [-0.3, -0.25) is 4.79 Å². The van der Waals surface area contributed by atoms with Crippen molar-refractivity contribution in [2.75, 3.05) is 13.1 Å². The molecule has 24 heavy (non-hydrogen) atoms. The van der Waals surface area contributed by atoms with E-state index in [-0.39, 0.29) is 11.9 Å². The predicted molar refractivity (Wildman–Crippen MR) is 93.7 cm³/mol. The Morgan fingerprint density at radius 1 is 1.08 bits per heavy atom. The SMILES string of the molecule is CC(C)(C)OC(=O)N1CCc2cc3c(c(Cl)c2CC1)CC(=O)CC3. The van der Waals surface area contributed by atoms with Crippen molar-refractivity contribution in [3.63, 3.8) is 0 Å². The predicted octanol–water partition coefficient (Wildman–Crippen LogP) is 3.73. The number of fused-ring (bicyclic) bond motifs is 2. The van der Waals surface area contributed by atoms with Crippen molar-refractivity contribution in [1.29, 1.82) is 0 Å². The number of hydrogen-bond acceptors (Lipinski definition) is 3. The maximum absolute atomic E-state index is 12.3. The van der Waals surface area contributed by atoms with Crippen LogP contribution in [0.15, 0.2) is 6.07 Å². The molecule has 0 unspecified atom stereocenters. The summed E-state index contributed by atoms with van der Waals surface area (Å²) in [6.45, 7) is 6.85. The minimum atomic E-state index is -0.493. The van der Waals surface area contributed by atoms with Gasteiger partial charge in [0, 0.05) is 31.0 Å². The second-order valence-electron chi connectivity index (χ2n) is 7.65. The summed E-state index contributed by atoms with van der Waals surface area (Å²) in [5.41, 5.74) is 4.00. The fourth-order valence-corrected chi connectivity index (χ4v) is 3.84. The van der Waals surface area contributed by atoms with Gasteiger partial charge >= 0.3 is 6.09 Å². The molecular formula is C19H24ClNO3. The zero-order chi connectivity index (χ0) is 17.5. The van der Waals surface area contributed by atoms with Crippen LogP contribution in [0, 0.1) is 0 Å². The number of carbonyl (C=O) groups is 2. The summed E-state index contributed by atoms with van der Waals surface area (Å²) < 4.78 is 5.49. The molecule has 1 aromatic rings. The lowest BCUT2D eigenvalue weighted by Gasteiger charge is -2.26. The normalized spacial score (nSPS) is 17.8. The molecule has 0 saturated heterocycles. The van der Waals surface area contributed by atoms with E-state index in [1.54, 1.807) is 4.90 Å². The van der Waals surface area contributed by atoms with E-state index >= 15 is 0 Å². The number of hydrogen-bond donors (Lipinski definition) is 0. The number of rotatable bonds is 0. The molecule has 0 atom stereocenters. The van der Waals surface area contributed by atoms with Crippen LogP contribution in [0.5, 0.6) is 0 Å². The molecule has 1 aromatic carbocycles. The third kappa shape index (κ3) is 3.59. The molecule has 130 valence electrons. The maximum Gasteiger partial charge on any atom is 0.410 e. The number of halogens is 1. The van der Waals surface area contributed by atoms with Gasteiger partial charge in [-0.15, -0.1) is 0 Å². The lowest BCUT2D eigenvalue weighted by Crippen LogP contribution is -2.38. The van der Waals surface area contributed by atoms with Crippen molar-refractivity contribution in [3.8, 4) is 0 Å². The lowest BCUT2D eigenvalue weighted by molar-refractivity contribution is -0.118. The molecule has 0 bridgehead atoms. The molecule has 0 fully saturated rings. The molecule has 1 amide bonds. The van der Waals surface area contributed by atoms with Crippen LogP contribution in [0.4, 0.5) is 4.79 Å². The summed E-state index contributed by atoms with van der Waals surface area (Å²) in [6.07, 6.45) is 3.02. The number of ether oxygens (including phenoxy) is 1. The third-order valence-electron chi connectivity index (χ3n) is 4.64. The van der Waals surface area contributed by atoms with E-state index in [0.717, 1.165) is 29.0 Å². The fraction of sp³-hybridized carbons (Fsp3) is 0.579. The molecule has 5 heteroatoms. The van der Waals surface area contributed by atoms with Crippen LogP contribution in [-0.4, -0.2) is 35.5 Å². The highest BCUT2D eigenvalue weighted by molar-refractivity contribution is 6.32. The van der Waals surface area contributed by atoms with Crippen LogP contribution in [-0.2, 0) is 35.2 Å². The van der Waals surface area contributed by atoms with Crippen molar-refractivity contribution in [2.45, 2.75) is 58.5 Å². The van der Waals surface area contributed by atoms with E-state index in [9.17, 15) is 9.59 Å². The van der Waals surface area contributed by atoms with Gasteiger partial charge in [0.1, 0.15) is 11.4 Å². The van der Waals surface area contributed by atoms with E-state index in [0.29, 0.717) is 32.4 Å². The second-order valence-corrected chi connectivity index (χ2v) is 8.03. The zero-order valence-electron chi connectivity index (χ0n) is 14.6. The van der Waals surface area contributed by atoms with E-state index in [1.807, 2.05) is 20.8 Å². The van der Waals surface area contributed by atoms with Gasteiger partial charge < -0.3 is 9.64 Å². The third-order valence-corrected chi connectivity index (χ3v) is 5.09. The first-order chi connectivity index (χ1) is 11.2. The Hall–Kier alpha value is -1.55. The minimum Gasteiger partial charge on any atom is -0.444 e. The summed E-state index contributed by atoms with van der Waals surface area (Å²) in [4.78, 5) is 25.8. The number of nitrogens with zero attached hydrogens (tertiary/aromatic N) is 1. The van der Waals surface area contributed by atoms with Crippen molar-refractivity contribution in [3.05, 3.63) is 33.3 Å². The monoisotopic (exact) mass is 349 g/mol. The average molecular weight is 350 g/mol. The highest BCUT2D eigenvalue weighted by atomic mass is 35.5. The molecule has 0 saturated carbocycles. The Morgan fingerprint density at radius 2 is 1.75 bits per heavy atom. The molecule has 0 N–H and O–H groups in total. The van der Waals surface area contributed by atoms with Crippen molar-refractivity contribution in [2.24, 2.45) is 0 Å². The van der Waals surface area contributed by atoms with Gasteiger partial charge in [-0.25, -0.2) is 4.79 Å².